The van der Waals surface area contributed by atoms with E-state index in [2.05, 4.69) is 27.9 Å². The number of halogens is 1. The van der Waals surface area contributed by atoms with Crippen LogP contribution in [0.4, 0.5) is 4.79 Å². The summed E-state index contributed by atoms with van der Waals surface area (Å²) in [4.78, 5) is 14.5. The third-order valence-corrected chi connectivity index (χ3v) is 4.60. The Morgan fingerprint density at radius 1 is 1.48 bits per heavy atom. The molecule has 0 saturated carbocycles. The number of thiophene rings is 1. The van der Waals surface area contributed by atoms with Crippen LogP contribution in [0.1, 0.15) is 17.7 Å². The Balaban J connectivity index is 1.65. The average Bonchev–Trinajstić information content (AvgIpc) is 2.94. The van der Waals surface area contributed by atoms with E-state index in [4.69, 9.17) is 17.4 Å². The first-order valence-electron chi connectivity index (χ1n) is 6.85. The number of hydrogen-bond acceptors (Lipinski definition) is 5. The number of carbonyl (C=O) groups is 1. The Hall–Kier alpha value is -1.12. The van der Waals surface area contributed by atoms with Gasteiger partial charge < -0.3 is 0 Å². The van der Waals surface area contributed by atoms with Crippen molar-refractivity contribution >= 4 is 34.5 Å². The molecule has 1 aliphatic heterocycles. The maximum absolute atomic E-state index is 10.8. The fourth-order valence-electron chi connectivity index (χ4n) is 2.19. The number of rotatable bonds is 6. The van der Waals surface area contributed by atoms with E-state index in [9.17, 15) is 4.79 Å². The van der Waals surface area contributed by atoms with Gasteiger partial charge in [0.05, 0.1) is 4.34 Å². The number of hydrazine groups is 2. The molecule has 8 heteroatoms. The molecule has 116 valence electrons. The molecule has 0 fully saturated rings. The molecular formula is C13H20ClN5OS. The van der Waals surface area contributed by atoms with E-state index in [1.54, 1.807) is 11.3 Å². The van der Waals surface area contributed by atoms with Crippen LogP contribution in [0.3, 0.4) is 0 Å². The van der Waals surface area contributed by atoms with Crippen LogP contribution >= 0.6 is 22.9 Å². The van der Waals surface area contributed by atoms with E-state index < -0.39 is 6.03 Å². The van der Waals surface area contributed by atoms with Crippen molar-refractivity contribution in [2.75, 3.05) is 26.2 Å². The molecule has 5 N–H and O–H groups in total. The van der Waals surface area contributed by atoms with Crippen LogP contribution < -0.4 is 22.1 Å². The maximum Gasteiger partial charge on any atom is 0.343 e. The maximum atomic E-state index is 10.8. The highest BCUT2D eigenvalue weighted by Crippen LogP contribution is 2.31. The molecule has 0 aromatic carbocycles. The van der Waals surface area contributed by atoms with Crippen LogP contribution in [0.2, 0.25) is 4.34 Å². The molecule has 2 amide bonds. The highest BCUT2D eigenvalue weighted by Gasteiger charge is 2.13. The summed E-state index contributed by atoms with van der Waals surface area (Å²) >= 11 is 7.61. The van der Waals surface area contributed by atoms with Crippen molar-refractivity contribution in [3.05, 3.63) is 27.4 Å². The van der Waals surface area contributed by atoms with Gasteiger partial charge in [-0.05, 0) is 37.1 Å². The van der Waals surface area contributed by atoms with Crippen LogP contribution in [0.25, 0.3) is 5.57 Å². The van der Waals surface area contributed by atoms with Crippen LogP contribution in [-0.4, -0.2) is 37.1 Å². The highest BCUT2D eigenvalue weighted by atomic mass is 35.5. The monoisotopic (exact) mass is 329 g/mol. The van der Waals surface area contributed by atoms with Crippen LogP contribution in [0.15, 0.2) is 18.2 Å². The molecule has 0 aliphatic carbocycles. The quantitative estimate of drug-likeness (QED) is 0.276. The molecular weight excluding hydrogens is 310 g/mol. The van der Waals surface area contributed by atoms with E-state index in [0.717, 1.165) is 36.8 Å². The van der Waals surface area contributed by atoms with Gasteiger partial charge in [0.2, 0.25) is 0 Å². The van der Waals surface area contributed by atoms with Crippen molar-refractivity contribution in [1.82, 2.24) is 21.2 Å². The van der Waals surface area contributed by atoms with Crippen molar-refractivity contribution < 1.29 is 4.79 Å². The molecule has 21 heavy (non-hydrogen) atoms. The summed E-state index contributed by atoms with van der Waals surface area (Å²) in [5, 5.41) is 0. The van der Waals surface area contributed by atoms with Crippen LogP contribution in [-0.2, 0) is 0 Å². The van der Waals surface area contributed by atoms with Gasteiger partial charge in [0.1, 0.15) is 0 Å². The second-order valence-electron chi connectivity index (χ2n) is 4.76. The lowest BCUT2D eigenvalue weighted by molar-refractivity contribution is 0.235. The molecule has 0 radical (unpaired) electrons. The zero-order valence-corrected chi connectivity index (χ0v) is 13.3. The molecule has 2 rings (SSSR count). The lowest BCUT2D eigenvalue weighted by Crippen LogP contribution is -2.47. The van der Waals surface area contributed by atoms with Gasteiger partial charge in [0.15, 0.2) is 0 Å². The molecule has 2 heterocycles. The first-order chi connectivity index (χ1) is 10.2. The van der Waals surface area contributed by atoms with Crippen molar-refractivity contribution in [2.24, 2.45) is 5.84 Å². The number of carbonyl (C=O) groups excluding carboxylic acids is 1. The minimum Gasteiger partial charge on any atom is -0.299 e. The summed E-state index contributed by atoms with van der Waals surface area (Å²) in [7, 11) is 0. The van der Waals surface area contributed by atoms with E-state index in [1.165, 1.54) is 10.5 Å². The van der Waals surface area contributed by atoms with Crippen molar-refractivity contribution in [1.29, 1.82) is 0 Å². The van der Waals surface area contributed by atoms with Gasteiger partial charge in [0.25, 0.3) is 0 Å². The number of amides is 2. The minimum absolute atomic E-state index is 0.435. The number of nitrogens with two attached hydrogens (primary N) is 1. The largest absolute Gasteiger partial charge is 0.343 e. The molecule has 1 aliphatic rings. The Morgan fingerprint density at radius 2 is 2.33 bits per heavy atom. The number of nitrogens with zero attached hydrogens (tertiary/aromatic N) is 1. The van der Waals surface area contributed by atoms with Gasteiger partial charge in [0, 0.05) is 24.5 Å². The second-order valence-corrected chi connectivity index (χ2v) is 6.48. The summed E-state index contributed by atoms with van der Waals surface area (Å²) in [6.07, 6.45) is 4.29. The lowest BCUT2D eigenvalue weighted by atomic mass is 10.1. The van der Waals surface area contributed by atoms with Gasteiger partial charge in [-0.1, -0.05) is 17.7 Å². The molecule has 1 aromatic rings. The minimum atomic E-state index is -0.435. The first kappa shape index (κ1) is 16.3. The first-order valence-corrected chi connectivity index (χ1v) is 8.05. The summed E-state index contributed by atoms with van der Waals surface area (Å²) in [6.45, 7) is 3.72. The third-order valence-electron chi connectivity index (χ3n) is 3.29. The summed E-state index contributed by atoms with van der Waals surface area (Å²) in [5.41, 5.74) is 8.63. The van der Waals surface area contributed by atoms with E-state index >= 15 is 0 Å². The molecule has 1 aromatic heterocycles. The molecule has 0 unspecified atom stereocenters. The zero-order chi connectivity index (χ0) is 15.1. The molecule has 0 atom stereocenters. The van der Waals surface area contributed by atoms with E-state index in [0.29, 0.717) is 6.54 Å². The van der Waals surface area contributed by atoms with Gasteiger partial charge in [-0.15, -0.1) is 11.3 Å². The predicted molar refractivity (Wildman–Crippen MR) is 86.8 cm³/mol. The van der Waals surface area contributed by atoms with Gasteiger partial charge >= 0.3 is 6.03 Å². The van der Waals surface area contributed by atoms with Gasteiger partial charge in [-0.3, -0.25) is 15.8 Å². The predicted octanol–water partition coefficient (Wildman–Crippen LogP) is 1.56. The van der Waals surface area contributed by atoms with Crippen molar-refractivity contribution in [3.8, 4) is 0 Å². The fourth-order valence-corrected chi connectivity index (χ4v) is 3.31. The molecule has 6 nitrogen and oxygen atoms in total. The lowest BCUT2D eigenvalue weighted by Gasteiger charge is -2.26. The zero-order valence-electron chi connectivity index (χ0n) is 11.7. The topological polar surface area (TPSA) is 82.4 Å². The Labute approximate surface area is 133 Å². The van der Waals surface area contributed by atoms with Gasteiger partial charge in [-0.2, -0.15) is 0 Å². The third kappa shape index (κ3) is 5.29. The number of hydrogen-bond donors (Lipinski definition) is 4. The standard InChI is InChI=1S/C13H20ClN5OS/c14-12-3-2-11(21-12)10-4-8-19(9-5-10)7-1-6-16-18-13(20)17-15/h2-4,16H,1,5-9,15H2,(H2,17,18,20). The normalized spacial score (nSPS) is 15.6. The van der Waals surface area contributed by atoms with Gasteiger partial charge in [-0.25, -0.2) is 16.1 Å². The molecule has 0 saturated heterocycles. The highest BCUT2D eigenvalue weighted by molar-refractivity contribution is 7.17. The average molecular weight is 330 g/mol. The fraction of sp³-hybridized carbons (Fsp3) is 0.462. The number of nitrogens with one attached hydrogen (secondary N) is 3. The molecule has 0 spiro atoms. The smallest absolute Gasteiger partial charge is 0.299 e. The Morgan fingerprint density at radius 3 is 2.95 bits per heavy atom. The van der Waals surface area contributed by atoms with Crippen molar-refractivity contribution in [2.45, 2.75) is 12.8 Å². The van der Waals surface area contributed by atoms with E-state index in [-0.39, 0.29) is 0 Å². The van der Waals surface area contributed by atoms with Crippen molar-refractivity contribution in [3.63, 3.8) is 0 Å². The Kier molecular flexibility index (Phi) is 6.47. The second kappa shape index (κ2) is 8.35. The number of urea groups is 1. The SMILES string of the molecule is NNC(=O)NNCCCN1CC=C(c2ccc(Cl)s2)CC1. The Bertz CT molecular complexity index is 505. The van der Waals surface area contributed by atoms with Crippen LogP contribution in [0.5, 0.6) is 0 Å². The van der Waals surface area contributed by atoms with E-state index in [1.807, 2.05) is 11.5 Å². The summed E-state index contributed by atoms with van der Waals surface area (Å²) in [5.74, 6) is 4.94. The summed E-state index contributed by atoms with van der Waals surface area (Å²) < 4.78 is 0.841. The molecule has 0 bridgehead atoms. The summed E-state index contributed by atoms with van der Waals surface area (Å²) in [6, 6.07) is 3.60. The van der Waals surface area contributed by atoms with Crippen LogP contribution in [0, 0.1) is 0 Å².